The summed E-state index contributed by atoms with van der Waals surface area (Å²) >= 11 is 7.87. The van der Waals surface area contributed by atoms with E-state index in [2.05, 4.69) is 9.88 Å². The van der Waals surface area contributed by atoms with Gasteiger partial charge < -0.3 is 25.2 Å². The Labute approximate surface area is 264 Å². The van der Waals surface area contributed by atoms with Gasteiger partial charge in [0.25, 0.3) is 0 Å². The fourth-order valence-electron chi connectivity index (χ4n) is 7.77. The van der Waals surface area contributed by atoms with Gasteiger partial charge in [0.2, 0.25) is 0 Å². The van der Waals surface area contributed by atoms with E-state index in [0.29, 0.717) is 38.2 Å². The highest BCUT2D eigenvalue weighted by atomic mass is 35.5. The molecular formula is C31H28ClF3N6O3S. The first kappa shape index (κ1) is 28.9. The maximum Gasteiger partial charge on any atom is 0.319 e. The van der Waals surface area contributed by atoms with Gasteiger partial charge in [-0.2, -0.15) is 15.2 Å². The molecule has 2 unspecified atom stereocenters. The summed E-state index contributed by atoms with van der Waals surface area (Å²) in [6.07, 6.45) is 1.37. The van der Waals surface area contributed by atoms with E-state index in [1.165, 1.54) is 12.1 Å². The van der Waals surface area contributed by atoms with E-state index < -0.39 is 29.4 Å². The van der Waals surface area contributed by atoms with Crippen LogP contribution >= 0.6 is 22.9 Å². The van der Waals surface area contributed by atoms with Crippen LogP contribution in [0.15, 0.2) is 12.1 Å². The normalized spacial score (nSPS) is 26.0. The van der Waals surface area contributed by atoms with Crippen molar-refractivity contribution < 1.29 is 27.8 Å². The van der Waals surface area contributed by atoms with Gasteiger partial charge in [-0.15, -0.1) is 11.3 Å². The van der Waals surface area contributed by atoms with Crippen LogP contribution in [0.1, 0.15) is 37.7 Å². The standard InChI is InChI=1S/C31H28ClF3N6O3S/c32-23-21(15-2-3-17(34)27-20(15)16(11-36)28(37)45-27)24(35)25-22-26(23)43-9-5-18-19(42)4-8-41(18)29(22)39-30(38-25)44-13-31-6-1-7-40(31)12-14(33)10-31/h2-3,14,18-19,42H,1,4-10,12-13,37H2/t14-,18?,19?,31+/m1/s1. The molecule has 3 saturated heterocycles. The lowest BCUT2D eigenvalue weighted by Gasteiger charge is -2.33. The number of nitrogen functional groups attached to an aromatic ring is 1. The second-order valence-corrected chi connectivity index (χ2v) is 13.7. The smallest absolute Gasteiger partial charge is 0.319 e. The highest BCUT2D eigenvalue weighted by Gasteiger charge is 2.49. The molecule has 0 spiro atoms. The van der Waals surface area contributed by atoms with E-state index in [9.17, 15) is 19.1 Å². The van der Waals surface area contributed by atoms with Gasteiger partial charge in [0, 0.05) is 36.9 Å². The Kier molecular flexibility index (Phi) is 6.73. The summed E-state index contributed by atoms with van der Waals surface area (Å²) < 4.78 is 58.9. The Balaban J connectivity index is 1.36. The van der Waals surface area contributed by atoms with Crippen molar-refractivity contribution >= 4 is 54.7 Å². The lowest BCUT2D eigenvalue weighted by atomic mass is 9.95. The number of alkyl halides is 1. The number of ether oxygens (including phenoxy) is 2. The molecule has 14 heteroatoms. The molecule has 45 heavy (non-hydrogen) atoms. The summed E-state index contributed by atoms with van der Waals surface area (Å²) in [6.45, 7) is 1.89. The minimum atomic E-state index is -0.953. The first-order valence-corrected chi connectivity index (χ1v) is 16.1. The molecule has 4 aromatic rings. The van der Waals surface area contributed by atoms with Crippen molar-refractivity contribution in [1.29, 1.82) is 5.26 Å². The number of hydrogen-bond donors (Lipinski definition) is 2. The van der Waals surface area contributed by atoms with Crippen LogP contribution in [0, 0.1) is 23.0 Å². The Morgan fingerprint density at radius 2 is 2.09 bits per heavy atom. The van der Waals surface area contributed by atoms with Crippen molar-refractivity contribution in [3.8, 4) is 29.0 Å². The molecule has 2 aromatic heterocycles. The quantitative estimate of drug-likeness (QED) is 0.290. The zero-order valence-electron chi connectivity index (χ0n) is 24.0. The molecule has 0 bridgehead atoms. The zero-order chi connectivity index (χ0) is 31.2. The van der Waals surface area contributed by atoms with Gasteiger partial charge in [-0.1, -0.05) is 17.7 Å². The summed E-state index contributed by atoms with van der Waals surface area (Å²) in [5, 5.41) is 21.1. The average Bonchev–Trinajstić information content (AvgIpc) is 3.74. The lowest BCUT2D eigenvalue weighted by molar-refractivity contribution is 0.107. The van der Waals surface area contributed by atoms with Crippen LogP contribution in [0.2, 0.25) is 5.02 Å². The van der Waals surface area contributed by atoms with Gasteiger partial charge in [0.05, 0.1) is 45.0 Å². The van der Waals surface area contributed by atoms with Crippen LogP contribution in [0.25, 0.3) is 32.1 Å². The zero-order valence-corrected chi connectivity index (χ0v) is 25.5. The van der Waals surface area contributed by atoms with Crippen molar-refractivity contribution in [2.45, 2.75) is 56.0 Å². The van der Waals surface area contributed by atoms with E-state index in [1.807, 2.05) is 11.0 Å². The third-order valence-corrected chi connectivity index (χ3v) is 11.2. The number of aromatic nitrogens is 2. The molecule has 9 nitrogen and oxygen atoms in total. The van der Waals surface area contributed by atoms with Crippen molar-refractivity contribution in [3.63, 3.8) is 0 Å². The summed E-state index contributed by atoms with van der Waals surface area (Å²) in [5.74, 6) is -0.979. The molecule has 4 atom stereocenters. The van der Waals surface area contributed by atoms with Crippen LogP contribution in [-0.4, -0.2) is 76.7 Å². The number of aliphatic hydroxyl groups is 1. The summed E-state index contributed by atoms with van der Waals surface area (Å²) in [7, 11) is 0. The monoisotopic (exact) mass is 656 g/mol. The maximum atomic E-state index is 17.0. The molecular weight excluding hydrogens is 629 g/mol. The molecule has 6 heterocycles. The topological polar surface area (TPSA) is 121 Å². The predicted octanol–water partition coefficient (Wildman–Crippen LogP) is 5.57. The highest BCUT2D eigenvalue weighted by Crippen LogP contribution is 2.51. The Hall–Kier alpha value is -3.57. The number of nitriles is 1. The van der Waals surface area contributed by atoms with Crippen molar-refractivity contribution in [1.82, 2.24) is 14.9 Å². The molecule has 8 rings (SSSR count). The first-order valence-electron chi connectivity index (χ1n) is 14.9. The van der Waals surface area contributed by atoms with Crippen LogP contribution in [0.4, 0.5) is 24.0 Å². The van der Waals surface area contributed by atoms with E-state index in [4.69, 9.17) is 31.8 Å². The third-order valence-electron chi connectivity index (χ3n) is 9.82. The molecule has 3 fully saturated rings. The number of halogens is 4. The molecule has 0 aliphatic carbocycles. The highest BCUT2D eigenvalue weighted by molar-refractivity contribution is 7.23. The number of nitrogens with two attached hydrogens (primary N) is 1. The van der Waals surface area contributed by atoms with Crippen LogP contribution in [0.3, 0.4) is 0 Å². The molecule has 3 N–H and O–H groups in total. The van der Waals surface area contributed by atoms with E-state index in [-0.39, 0.29) is 78.7 Å². The lowest BCUT2D eigenvalue weighted by Crippen LogP contribution is -2.43. The van der Waals surface area contributed by atoms with Gasteiger partial charge in [0.1, 0.15) is 41.0 Å². The van der Waals surface area contributed by atoms with E-state index in [0.717, 1.165) is 30.7 Å². The van der Waals surface area contributed by atoms with Crippen molar-refractivity contribution in [3.05, 3.63) is 34.4 Å². The molecule has 234 valence electrons. The number of thiophene rings is 1. The number of benzene rings is 2. The molecule has 4 aliphatic rings. The average molecular weight is 657 g/mol. The van der Waals surface area contributed by atoms with Gasteiger partial charge in [-0.25, -0.2) is 13.2 Å². The number of rotatable bonds is 4. The van der Waals surface area contributed by atoms with Gasteiger partial charge in [-0.3, -0.25) is 4.90 Å². The number of nitrogens with zero attached hydrogens (tertiary/aromatic N) is 5. The molecule has 0 radical (unpaired) electrons. The predicted molar refractivity (Wildman–Crippen MR) is 165 cm³/mol. The SMILES string of the molecule is N#Cc1c(N)sc2c(F)ccc(-c3c(Cl)c4c5c(nc(OC[C@@]67CCCN6C[C@H](F)C7)nc5c3F)N3CCC(O)C3CCO4)c12. The minimum absolute atomic E-state index is 0.0213. The van der Waals surface area contributed by atoms with Crippen molar-refractivity contribution in [2.24, 2.45) is 0 Å². The summed E-state index contributed by atoms with van der Waals surface area (Å²) in [5.41, 5.74) is 5.51. The minimum Gasteiger partial charge on any atom is -0.491 e. The van der Waals surface area contributed by atoms with Crippen molar-refractivity contribution in [2.75, 3.05) is 43.5 Å². The summed E-state index contributed by atoms with van der Waals surface area (Å²) in [4.78, 5) is 13.3. The second kappa shape index (κ2) is 10.5. The summed E-state index contributed by atoms with van der Waals surface area (Å²) in [6, 6.07) is 4.13. The maximum absolute atomic E-state index is 17.0. The molecule has 0 amide bonds. The van der Waals surface area contributed by atoms with E-state index in [1.54, 1.807) is 0 Å². The van der Waals surface area contributed by atoms with Crippen LogP contribution in [0.5, 0.6) is 11.8 Å². The molecule has 0 saturated carbocycles. The first-order chi connectivity index (χ1) is 21.7. The van der Waals surface area contributed by atoms with E-state index >= 15 is 4.39 Å². The van der Waals surface area contributed by atoms with Gasteiger partial charge in [-0.05, 0) is 37.4 Å². The number of aliphatic hydroxyl groups excluding tert-OH is 1. The Morgan fingerprint density at radius 1 is 1.24 bits per heavy atom. The van der Waals surface area contributed by atoms with Crippen LogP contribution < -0.4 is 20.1 Å². The van der Waals surface area contributed by atoms with Gasteiger partial charge >= 0.3 is 6.01 Å². The largest absolute Gasteiger partial charge is 0.491 e. The Morgan fingerprint density at radius 3 is 2.91 bits per heavy atom. The van der Waals surface area contributed by atoms with Gasteiger partial charge in [0.15, 0.2) is 11.6 Å². The Bertz CT molecular complexity index is 1940. The number of anilines is 2. The van der Waals surface area contributed by atoms with Crippen LogP contribution in [-0.2, 0) is 0 Å². The third kappa shape index (κ3) is 4.26. The number of fused-ring (bicyclic) bond motifs is 4. The molecule has 4 aliphatic heterocycles. The number of hydrogen-bond acceptors (Lipinski definition) is 10. The molecule has 2 aromatic carbocycles. The fraction of sp³-hybridized carbons (Fsp3) is 0.452. The second-order valence-electron chi connectivity index (χ2n) is 12.3. The fourth-order valence-corrected chi connectivity index (χ4v) is 9.05.